The number of hydrogen-bond donors (Lipinski definition) is 0. The number of anilines is 1. The van der Waals surface area contributed by atoms with Crippen LogP contribution in [0.1, 0.15) is 5.56 Å². The maximum absolute atomic E-state index is 13.0. The quantitative estimate of drug-likeness (QED) is 0.691. The summed E-state index contributed by atoms with van der Waals surface area (Å²) < 4.78 is 10.5. The van der Waals surface area contributed by atoms with Gasteiger partial charge in [0.1, 0.15) is 5.75 Å². The third-order valence-electron chi connectivity index (χ3n) is 4.40. The number of amides is 1. The number of fused-ring (bicyclic) bond motifs is 1. The van der Waals surface area contributed by atoms with Gasteiger partial charge in [0.05, 0.1) is 25.9 Å². The molecule has 0 aromatic heterocycles. The topological polar surface area (TPSA) is 59.1 Å². The van der Waals surface area contributed by atoms with Crippen molar-refractivity contribution in [2.75, 3.05) is 32.1 Å². The Bertz CT molecular complexity index is 890. The van der Waals surface area contributed by atoms with E-state index in [2.05, 4.69) is 0 Å². The first-order chi connectivity index (χ1) is 13.4. The molecule has 0 unspecified atom stereocenters. The molecule has 3 rings (SSSR count). The minimum absolute atomic E-state index is 0.0953. The minimum Gasteiger partial charge on any atom is -0.475 e. The Balaban J connectivity index is 1.74. The molecule has 0 saturated heterocycles. The van der Waals surface area contributed by atoms with E-state index >= 15 is 0 Å². The average Bonchev–Trinajstić information content (AvgIpc) is 2.68. The van der Waals surface area contributed by atoms with Crippen molar-refractivity contribution in [3.63, 3.8) is 0 Å². The largest absolute Gasteiger partial charge is 0.475 e. The van der Waals surface area contributed by atoms with Crippen molar-refractivity contribution in [2.45, 2.75) is 12.6 Å². The van der Waals surface area contributed by atoms with Gasteiger partial charge in [0.15, 0.2) is 0 Å². The van der Waals surface area contributed by atoms with Crippen LogP contribution in [0, 0.1) is 0 Å². The van der Waals surface area contributed by atoms with Crippen molar-refractivity contribution in [3.05, 3.63) is 58.1 Å². The first-order valence-electron chi connectivity index (χ1n) is 8.65. The van der Waals surface area contributed by atoms with E-state index in [4.69, 9.17) is 32.7 Å². The van der Waals surface area contributed by atoms with E-state index in [0.717, 1.165) is 5.56 Å². The molecule has 0 bridgehead atoms. The summed E-state index contributed by atoms with van der Waals surface area (Å²) in [4.78, 5) is 28.3. The van der Waals surface area contributed by atoms with Gasteiger partial charge in [-0.15, -0.1) is 0 Å². The Hall–Kier alpha value is -2.28. The van der Waals surface area contributed by atoms with Gasteiger partial charge in [-0.25, -0.2) is 4.79 Å². The molecule has 0 radical (unpaired) electrons. The van der Waals surface area contributed by atoms with Crippen molar-refractivity contribution in [2.24, 2.45) is 0 Å². The van der Waals surface area contributed by atoms with Crippen molar-refractivity contribution < 1.29 is 19.1 Å². The molecule has 1 atom stereocenters. The molecule has 0 fully saturated rings. The molecule has 1 aliphatic heterocycles. The molecule has 28 heavy (non-hydrogen) atoms. The molecule has 0 N–H and O–H groups in total. The minimum atomic E-state index is -0.861. The number of hydrogen-bond acceptors (Lipinski definition) is 5. The van der Waals surface area contributed by atoms with Crippen LogP contribution in [-0.2, 0) is 20.9 Å². The highest BCUT2D eigenvalue weighted by atomic mass is 35.5. The number of likely N-dealkylation sites (N-methyl/N-ethyl adjacent to an activating group) is 1. The molecule has 148 valence electrons. The number of nitrogens with zero attached hydrogens (tertiary/aromatic N) is 2. The first kappa shape index (κ1) is 20.5. The maximum atomic E-state index is 13.0. The summed E-state index contributed by atoms with van der Waals surface area (Å²) in [5.41, 5.74) is 1.50. The highest BCUT2D eigenvalue weighted by molar-refractivity contribution is 6.35. The second kappa shape index (κ2) is 8.82. The predicted octanol–water partition coefficient (Wildman–Crippen LogP) is 3.39. The molecule has 2 aromatic carbocycles. The summed E-state index contributed by atoms with van der Waals surface area (Å²) in [6.45, 7) is 0.716. The molecule has 0 aliphatic carbocycles. The lowest BCUT2D eigenvalue weighted by atomic mass is 10.1. The van der Waals surface area contributed by atoms with Crippen LogP contribution in [0.5, 0.6) is 5.75 Å². The van der Waals surface area contributed by atoms with Crippen LogP contribution in [0.3, 0.4) is 0 Å². The van der Waals surface area contributed by atoms with Crippen molar-refractivity contribution in [3.8, 4) is 5.75 Å². The van der Waals surface area contributed by atoms with Gasteiger partial charge < -0.3 is 14.4 Å². The van der Waals surface area contributed by atoms with E-state index in [1.165, 1.54) is 7.11 Å². The summed E-state index contributed by atoms with van der Waals surface area (Å²) in [6.07, 6.45) is -0.861. The number of carbonyl (C=O) groups excluding carboxylic acids is 2. The van der Waals surface area contributed by atoms with Crippen LogP contribution < -0.4 is 9.64 Å². The van der Waals surface area contributed by atoms with Crippen LogP contribution in [0.4, 0.5) is 5.69 Å². The number of ether oxygens (including phenoxy) is 2. The zero-order chi connectivity index (χ0) is 20.3. The third kappa shape index (κ3) is 4.58. The molecule has 1 amide bonds. The smallest absolute Gasteiger partial charge is 0.348 e. The normalized spacial score (nSPS) is 15.8. The molecule has 6 nitrogen and oxygen atoms in total. The number of methoxy groups -OCH3 is 1. The van der Waals surface area contributed by atoms with Gasteiger partial charge >= 0.3 is 5.97 Å². The molecule has 8 heteroatoms. The lowest BCUT2D eigenvalue weighted by Gasteiger charge is -2.34. The highest BCUT2D eigenvalue weighted by Gasteiger charge is 2.34. The highest BCUT2D eigenvalue weighted by Crippen LogP contribution is 2.33. The number of rotatable bonds is 5. The van der Waals surface area contributed by atoms with E-state index in [0.29, 0.717) is 28.0 Å². The summed E-state index contributed by atoms with van der Waals surface area (Å²) in [6, 6.07) is 12.4. The Labute approximate surface area is 173 Å². The first-order valence-corrected chi connectivity index (χ1v) is 9.41. The van der Waals surface area contributed by atoms with E-state index in [-0.39, 0.29) is 19.0 Å². The van der Waals surface area contributed by atoms with Gasteiger partial charge in [-0.3, -0.25) is 9.69 Å². The average molecular weight is 423 g/mol. The van der Waals surface area contributed by atoms with Crippen molar-refractivity contribution in [1.82, 2.24) is 4.90 Å². The molecule has 0 saturated carbocycles. The van der Waals surface area contributed by atoms with Gasteiger partial charge in [0.25, 0.3) is 0 Å². The second-order valence-electron chi connectivity index (χ2n) is 6.51. The zero-order valence-electron chi connectivity index (χ0n) is 15.5. The number of halogens is 2. The van der Waals surface area contributed by atoms with E-state index in [1.807, 2.05) is 24.1 Å². The summed E-state index contributed by atoms with van der Waals surface area (Å²) >= 11 is 12.2. The Morgan fingerprint density at radius 3 is 2.71 bits per heavy atom. The van der Waals surface area contributed by atoms with Gasteiger partial charge in [-0.1, -0.05) is 41.4 Å². The molecule has 0 spiro atoms. The van der Waals surface area contributed by atoms with E-state index in [9.17, 15) is 9.59 Å². The van der Waals surface area contributed by atoms with Gasteiger partial charge in [-0.05, 0) is 36.9 Å². The van der Waals surface area contributed by atoms with Gasteiger partial charge in [0, 0.05) is 16.6 Å². The fourth-order valence-corrected chi connectivity index (χ4v) is 3.51. The van der Waals surface area contributed by atoms with Gasteiger partial charge in [0.2, 0.25) is 12.0 Å². The van der Waals surface area contributed by atoms with Crippen LogP contribution in [0.15, 0.2) is 42.5 Å². The van der Waals surface area contributed by atoms with E-state index < -0.39 is 12.1 Å². The standard InChI is InChI=1S/C20H20Cl2N2O4/c1-23(10-13-7-8-14(21)9-15(13)22)12-19(25)24-11-18(20(26)27-2)28-17-6-4-3-5-16(17)24/h3-9,18H,10-12H2,1-2H3/t18-/m0/s1. The van der Waals surface area contributed by atoms with Crippen molar-refractivity contribution in [1.29, 1.82) is 0 Å². The summed E-state index contributed by atoms with van der Waals surface area (Å²) in [5, 5.41) is 1.11. The molecule has 2 aromatic rings. The fraction of sp³-hybridized carbons (Fsp3) is 0.300. The van der Waals surface area contributed by atoms with Gasteiger partial charge in [-0.2, -0.15) is 0 Å². The SMILES string of the molecule is COC(=O)[C@@H]1CN(C(=O)CN(C)Cc2ccc(Cl)cc2Cl)c2ccccc2O1. The van der Waals surface area contributed by atoms with Crippen LogP contribution in [-0.4, -0.2) is 50.1 Å². The molecular formula is C20H20Cl2N2O4. The van der Waals surface area contributed by atoms with Crippen LogP contribution in [0.25, 0.3) is 0 Å². The van der Waals surface area contributed by atoms with E-state index in [1.54, 1.807) is 35.2 Å². The Morgan fingerprint density at radius 1 is 1.25 bits per heavy atom. The summed E-state index contributed by atoms with van der Waals surface area (Å²) in [5.74, 6) is -0.202. The number of carbonyl (C=O) groups is 2. The summed E-state index contributed by atoms with van der Waals surface area (Å²) in [7, 11) is 3.12. The maximum Gasteiger partial charge on any atom is 0.348 e. The zero-order valence-corrected chi connectivity index (χ0v) is 17.0. The Kier molecular flexibility index (Phi) is 6.44. The molecule has 1 heterocycles. The van der Waals surface area contributed by atoms with Crippen LogP contribution >= 0.6 is 23.2 Å². The lowest BCUT2D eigenvalue weighted by Crippen LogP contribution is -2.49. The van der Waals surface area contributed by atoms with Crippen molar-refractivity contribution >= 4 is 40.8 Å². The molecular weight excluding hydrogens is 403 g/mol. The number of esters is 1. The predicted molar refractivity (Wildman–Crippen MR) is 108 cm³/mol. The lowest BCUT2D eigenvalue weighted by molar-refractivity contribution is -0.148. The number of para-hydroxylation sites is 2. The van der Waals surface area contributed by atoms with Crippen LogP contribution in [0.2, 0.25) is 10.0 Å². The third-order valence-corrected chi connectivity index (χ3v) is 4.99. The Morgan fingerprint density at radius 2 is 2.00 bits per heavy atom. The fourth-order valence-electron chi connectivity index (χ4n) is 3.04. The number of benzene rings is 2. The monoisotopic (exact) mass is 422 g/mol. The molecule has 1 aliphatic rings. The second-order valence-corrected chi connectivity index (χ2v) is 7.35.